The van der Waals surface area contributed by atoms with Crippen LogP contribution < -0.4 is 15.4 Å². The van der Waals surface area contributed by atoms with Crippen LogP contribution in [0, 0.1) is 0 Å². The molecule has 0 saturated carbocycles. The molecular formula is C20H23N3O4. The second kappa shape index (κ2) is 9.38. The quantitative estimate of drug-likeness (QED) is 0.785. The largest absolute Gasteiger partial charge is 0.497 e. The number of hydrogen-bond acceptors (Lipinski definition) is 4. The molecule has 142 valence electrons. The lowest BCUT2D eigenvalue weighted by atomic mass is 10.2. The molecule has 7 nitrogen and oxygen atoms in total. The molecule has 0 bridgehead atoms. The first-order valence-corrected chi connectivity index (χ1v) is 8.43. The average Bonchev–Trinajstić information content (AvgIpc) is 2.61. The Morgan fingerprint density at radius 1 is 0.963 bits per heavy atom. The highest BCUT2D eigenvalue weighted by Crippen LogP contribution is 2.16. The summed E-state index contributed by atoms with van der Waals surface area (Å²) in [7, 11) is 1.59. The van der Waals surface area contributed by atoms with Gasteiger partial charge in [-0.2, -0.15) is 0 Å². The zero-order valence-electron chi connectivity index (χ0n) is 15.6. The number of carbonyl (C=O) groups excluding carboxylic acids is 3. The first kappa shape index (κ1) is 20.0. The van der Waals surface area contributed by atoms with Crippen molar-refractivity contribution in [3.05, 3.63) is 54.1 Å². The lowest BCUT2D eigenvalue weighted by Gasteiger charge is -2.21. The van der Waals surface area contributed by atoms with Gasteiger partial charge in [-0.1, -0.05) is 18.2 Å². The van der Waals surface area contributed by atoms with Gasteiger partial charge in [0.05, 0.1) is 7.11 Å². The molecule has 2 aromatic carbocycles. The van der Waals surface area contributed by atoms with E-state index in [4.69, 9.17) is 4.74 Å². The molecule has 3 amide bonds. The summed E-state index contributed by atoms with van der Waals surface area (Å²) in [6, 6.07) is 14.1. The number of nitrogens with one attached hydrogen (secondary N) is 2. The molecule has 0 unspecified atom stereocenters. The molecule has 2 N–H and O–H groups in total. The van der Waals surface area contributed by atoms with Crippen molar-refractivity contribution < 1.29 is 19.1 Å². The molecule has 0 aliphatic heterocycles. The first-order valence-electron chi connectivity index (χ1n) is 8.43. The van der Waals surface area contributed by atoms with Gasteiger partial charge in [0.2, 0.25) is 17.7 Å². The van der Waals surface area contributed by atoms with Gasteiger partial charge in [-0.25, -0.2) is 0 Å². The lowest BCUT2D eigenvalue weighted by molar-refractivity contribution is -0.133. The third-order valence-electron chi connectivity index (χ3n) is 3.78. The summed E-state index contributed by atoms with van der Waals surface area (Å²) in [4.78, 5) is 36.8. The summed E-state index contributed by atoms with van der Waals surface area (Å²) >= 11 is 0. The predicted octanol–water partition coefficient (Wildman–Crippen LogP) is 2.64. The molecule has 0 radical (unpaired) electrons. The van der Waals surface area contributed by atoms with E-state index >= 15 is 0 Å². The van der Waals surface area contributed by atoms with Gasteiger partial charge in [0.15, 0.2) is 0 Å². The van der Waals surface area contributed by atoms with Crippen molar-refractivity contribution >= 4 is 29.1 Å². The van der Waals surface area contributed by atoms with Crippen LogP contribution in [0.4, 0.5) is 11.4 Å². The van der Waals surface area contributed by atoms with Gasteiger partial charge in [0.1, 0.15) is 12.3 Å². The maximum atomic E-state index is 12.3. The van der Waals surface area contributed by atoms with E-state index in [0.717, 1.165) is 11.3 Å². The van der Waals surface area contributed by atoms with Gasteiger partial charge in [-0.3, -0.25) is 14.4 Å². The van der Waals surface area contributed by atoms with Crippen LogP contribution in [-0.4, -0.2) is 36.3 Å². The number of benzene rings is 2. The highest BCUT2D eigenvalue weighted by Gasteiger charge is 2.14. The number of nitrogens with zero attached hydrogens (tertiary/aromatic N) is 1. The maximum Gasteiger partial charge on any atom is 0.244 e. The van der Waals surface area contributed by atoms with Gasteiger partial charge in [0.25, 0.3) is 0 Å². The van der Waals surface area contributed by atoms with Gasteiger partial charge >= 0.3 is 0 Å². The summed E-state index contributed by atoms with van der Waals surface area (Å²) in [6.07, 6.45) is 0. The molecule has 0 fully saturated rings. The third-order valence-corrected chi connectivity index (χ3v) is 3.78. The molecule has 0 heterocycles. The maximum absolute atomic E-state index is 12.3. The zero-order valence-corrected chi connectivity index (χ0v) is 15.6. The van der Waals surface area contributed by atoms with Crippen LogP contribution in [0.3, 0.4) is 0 Å². The summed E-state index contributed by atoms with van der Waals surface area (Å²) in [5.41, 5.74) is 2.02. The molecule has 2 rings (SSSR count). The van der Waals surface area contributed by atoms with Gasteiger partial charge in [-0.05, 0) is 35.9 Å². The van der Waals surface area contributed by atoms with Crippen molar-refractivity contribution in [3.8, 4) is 5.75 Å². The summed E-state index contributed by atoms with van der Waals surface area (Å²) in [5.74, 6) is 0.0114. The Morgan fingerprint density at radius 2 is 1.59 bits per heavy atom. The van der Waals surface area contributed by atoms with Gasteiger partial charge in [-0.15, -0.1) is 0 Å². The molecule has 2 aromatic rings. The zero-order chi connectivity index (χ0) is 19.8. The Bertz CT molecular complexity index is 818. The van der Waals surface area contributed by atoms with Crippen molar-refractivity contribution in [1.29, 1.82) is 0 Å². The minimum Gasteiger partial charge on any atom is -0.497 e. The molecule has 7 heteroatoms. The minimum atomic E-state index is -0.321. The van der Waals surface area contributed by atoms with Crippen molar-refractivity contribution in [2.75, 3.05) is 24.3 Å². The Balaban J connectivity index is 2.00. The number of methoxy groups -OCH3 is 1. The summed E-state index contributed by atoms with van der Waals surface area (Å²) in [5, 5.41) is 5.40. The predicted molar refractivity (Wildman–Crippen MR) is 103 cm³/mol. The van der Waals surface area contributed by atoms with Crippen molar-refractivity contribution in [3.63, 3.8) is 0 Å². The molecule has 0 aliphatic rings. The number of rotatable bonds is 7. The second-order valence-corrected chi connectivity index (χ2v) is 6.03. The summed E-state index contributed by atoms with van der Waals surface area (Å²) in [6.45, 7) is 3.08. The molecule has 0 aliphatic carbocycles. The highest BCUT2D eigenvalue weighted by molar-refractivity contribution is 5.95. The Kier molecular flexibility index (Phi) is 6.93. The number of carbonyl (C=O) groups is 3. The van der Waals surface area contributed by atoms with Gasteiger partial charge < -0.3 is 20.3 Å². The lowest BCUT2D eigenvalue weighted by Crippen LogP contribution is -2.36. The summed E-state index contributed by atoms with van der Waals surface area (Å²) < 4.78 is 5.12. The number of ether oxygens (including phenoxy) is 1. The molecule has 27 heavy (non-hydrogen) atoms. The highest BCUT2D eigenvalue weighted by atomic mass is 16.5. The normalized spacial score (nSPS) is 10.0. The molecule has 0 atom stereocenters. The van der Waals surface area contributed by atoms with Crippen LogP contribution in [0.5, 0.6) is 5.75 Å². The SMILES string of the molecule is COc1ccc(CN(CC(=O)Nc2cccc(NC(C)=O)c2)C(C)=O)cc1. The average molecular weight is 369 g/mol. The van der Waals surface area contributed by atoms with E-state index in [1.165, 1.54) is 18.7 Å². The number of hydrogen-bond donors (Lipinski definition) is 2. The molecular weight excluding hydrogens is 346 g/mol. The minimum absolute atomic E-state index is 0.0777. The fourth-order valence-electron chi connectivity index (χ4n) is 2.48. The van der Waals surface area contributed by atoms with E-state index in [9.17, 15) is 14.4 Å². The van der Waals surface area contributed by atoms with E-state index in [0.29, 0.717) is 17.9 Å². The monoisotopic (exact) mass is 369 g/mol. The smallest absolute Gasteiger partial charge is 0.244 e. The van der Waals surface area contributed by atoms with E-state index in [-0.39, 0.29) is 24.3 Å². The van der Waals surface area contributed by atoms with Crippen LogP contribution >= 0.6 is 0 Å². The van der Waals surface area contributed by atoms with E-state index < -0.39 is 0 Å². The van der Waals surface area contributed by atoms with Gasteiger partial charge in [0, 0.05) is 31.8 Å². The standard InChI is InChI=1S/C20H23N3O4/c1-14(24)21-17-5-4-6-18(11-17)22-20(26)13-23(15(2)25)12-16-7-9-19(27-3)10-8-16/h4-11H,12-13H2,1-3H3,(H,21,24)(H,22,26). The third kappa shape index (κ3) is 6.47. The number of anilines is 2. The van der Waals surface area contributed by atoms with E-state index in [1.807, 2.05) is 12.1 Å². The second-order valence-electron chi connectivity index (χ2n) is 6.03. The van der Waals surface area contributed by atoms with E-state index in [2.05, 4.69) is 10.6 Å². The molecule has 0 aromatic heterocycles. The van der Waals surface area contributed by atoms with Crippen molar-refractivity contribution in [2.24, 2.45) is 0 Å². The van der Waals surface area contributed by atoms with E-state index in [1.54, 1.807) is 43.5 Å². The van der Waals surface area contributed by atoms with Crippen LogP contribution in [0.1, 0.15) is 19.4 Å². The fourth-order valence-corrected chi connectivity index (χ4v) is 2.48. The molecule has 0 saturated heterocycles. The van der Waals surface area contributed by atoms with Crippen LogP contribution in [-0.2, 0) is 20.9 Å². The Morgan fingerprint density at radius 3 is 2.15 bits per heavy atom. The Labute approximate surface area is 158 Å². The first-order chi connectivity index (χ1) is 12.9. The fraction of sp³-hybridized carbons (Fsp3) is 0.250. The van der Waals surface area contributed by atoms with Crippen molar-refractivity contribution in [2.45, 2.75) is 20.4 Å². The molecule has 0 spiro atoms. The number of amides is 3. The van der Waals surface area contributed by atoms with Crippen LogP contribution in [0.2, 0.25) is 0 Å². The van der Waals surface area contributed by atoms with Crippen molar-refractivity contribution in [1.82, 2.24) is 4.90 Å². The topological polar surface area (TPSA) is 87.7 Å². The van der Waals surface area contributed by atoms with Crippen LogP contribution in [0.25, 0.3) is 0 Å². The van der Waals surface area contributed by atoms with Crippen LogP contribution in [0.15, 0.2) is 48.5 Å². The Hall–Kier alpha value is -3.35.